The Balaban J connectivity index is 2.52. The summed E-state index contributed by atoms with van der Waals surface area (Å²) in [5.74, 6) is -0.128. The third-order valence-corrected chi connectivity index (χ3v) is 2.00. The first-order valence-corrected chi connectivity index (χ1v) is 4.77. The van der Waals surface area contributed by atoms with Crippen molar-refractivity contribution in [3.63, 3.8) is 0 Å². The number of carboxylic acids is 1. The van der Waals surface area contributed by atoms with E-state index >= 15 is 0 Å². The smallest absolute Gasteiger partial charge is 0.303 e. The molecule has 0 saturated carbocycles. The molecular formula is C10H15N3O2. The molecule has 1 rings (SSSR count). The maximum Gasteiger partial charge on any atom is 0.303 e. The lowest BCUT2D eigenvalue weighted by Crippen LogP contribution is -2.32. The molecular weight excluding hydrogens is 194 g/mol. The van der Waals surface area contributed by atoms with Gasteiger partial charge in [-0.3, -0.25) is 4.79 Å². The van der Waals surface area contributed by atoms with Gasteiger partial charge in [-0.05, 0) is 32.4 Å². The summed E-state index contributed by atoms with van der Waals surface area (Å²) in [6.45, 7) is 3.87. The summed E-state index contributed by atoms with van der Waals surface area (Å²) >= 11 is 0. The highest BCUT2D eigenvalue weighted by Crippen LogP contribution is 2.17. The van der Waals surface area contributed by atoms with Gasteiger partial charge < -0.3 is 10.4 Å². The van der Waals surface area contributed by atoms with Gasteiger partial charge in [0.25, 0.3) is 0 Å². The van der Waals surface area contributed by atoms with Gasteiger partial charge in [-0.1, -0.05) is 0 Å². The average Bonchev–Trinajstić information content (AvgIpc) is 2.16. The first-order chi connectivity index (χ1) is 6.99. The summed E-state index contributed by atoms with van der Waals surface area (Å²) < 4.78 is 0. The molecule has 0 unspecified atom stereocenters. The number of aliphatic carboxylic acids is 1. The number of nitrogens with one attached hydrogen (secondary N) is 1. The van der Waals surface area contributed by atoms with Crippen molar-refractivity contribution in [2.45, 2.75) is 32.2 Å². The molecule has 0 spiro atoms. The molecule has 0 saturated heterocycles. The van der Waals surface area contributed by atoms with E-state index in [1.807, 2.05) is 13.8 Å². The molecule has 82 valence electrons. The van der Waals surface area contributed by atoms with E-state index in [2.05, 4.69) is 15.5 Å². The maximum atomic E-state index is 10.4. The summed E-state index contributed by atoms with van der Waals surface area (Å²) in [5.41, 5.74) is -0.297. The predicted octanol–water partition coefficient (Wildman–Crippen LogP) is 1.53. The highest BCUT2D eigenvalue weighted by molar-refractivity contribution is 5.66. The highest BCUT2D eigenvalue weighted by atomic mass is 16.4. The van der Waals surface area contributed by atoms with Gasteiger partial charge in [-0.25, -0.2) is 0 Å². The van der Waals surface area contributed by atoms with E-state index in [4.69, 9.17) is 5.11 Å². The van der Waals surface area contributed by atoms with Gasteiger partial charge in [0.2, 0.25) is 0 Å². The zero-order chi connectivity index (χ0) is 11.3. The maximum absolute atomic E-state index is 10.4. The van der Waals surface area contributed by atoms with Crippen LogP contribution in [0.2, 0.25) is 0 Å². The number of nitrogens with zero attached hydrogens (tertiary/aromatic N) is 2. The second-order valence-corrected chi connectivity index (χ2v) is 4.01. The third kappa shape index (κ3) is 4.39. The molecule has 5 nitrogen and oxygen atoms in total. The fraction of sp³-hybridized carbons (Fsp3) is 0.500. The van der Waals surface area contributed by atoms with E-state index in [1.165, 1.54) is 0 Å². The van der Waals surface area contributed by atoms with Crippen molar-refractivity contribution >= 4 is 11.8 Å². The summed E-state index contributed by atoms with van der Waals surface area (Å²) in [4.78, 5) is 10.4. The zero-order valence-corrected chi connectivity index (χ0v) is 8.90. The Hall–Kier alpha value is -1.65. The fourth-order valence-corrected chi connectivity index (χ4v) is 1.20. The van der Waals surface area contributed by atoms with Crippen LogP contribution in [0.25, 0.3) is 0 Å². The second kappa shape index (κ2) is 4.72. The number of hydrogen-bond acceptors (Lipinski definition) is 4. The van der Waals surface area contributed by atoms with Crippen LogP contribution in [-0.4, -0.2) is 26.8 Å². The fourth-order valence-electron chi connectivity index (χ4n) is 1.20. The average molecular weight is 209 g/mol. The minimum absolute atomic E-state index is 0.139. The first-order valence-electron chi connectivity index (χ1n) is 4.77. The largest absolute Gasteiger partial charge is 0.481 e. The van der Waals surface area contributed by atoms with Crippen molar-refractivity contribution in [2.24, 2.45) is 0 Å². The third-order valence-electron chi connectivity index (χ3n) is 2.00. The monoisotopic (exact) mass is 209 g/mol. The molecule has 0 aliphatic rings. The van der Waals surface area contributed by atoms with E-state index in [9.17, 15) is 4.79 Å². The summed E-state index contributed by atoms with van der Waals surface area (Å²) in [6, 6.07) is 3.58. The van der Waals surface area contributed by atoms with E-state index in [-0.39, 0.29) is 12.0 Å². The number of rotatable bonds is 5. The summed E-state index contributed by atoms with van der Waals surface area (Å²) in [7, 11) is 0. The lowest BCUT2D eigenvalue weighted by molar-refractivity contribution is -0.137. The number of carbonyl (C=O) groups is 1. The zero-order valence-electron chi connectivity index (χ0n) is 8.90. The van der Waals surface area contributed by atoms with Crippen LogP contribution in [0.1, 0.15) is 26.7 Å². The number of hydrogen-bond donors (Lipinski definition) is 2. The molecule has 0 aliphatic heterocycles. The van der Waals surface area contributed by atoms with Crippen molar-refractivity contribution in [3.05, 3.63) is 18.3 Å². The Morgan fingerprint density at radius 1 is 1.60 bits per heavy atom. The Labute approximate surface area is 88.5 Å². The van der Waals surface area contributed by atoms with Crippen molar-refractivity contribution in [3.8, 4) is 0 Å². The normalized spacial score (nSPS) is 11.1. The van der Waals surface area contributed by atoms with Crippen molar-refractivity contribution in [2.75, 3.05) is 5.32 Å². The van der Waals surface area contributed by atoms with E-state index < -0.39 is 5.97 Å². The second-order valence-electron chi connectivity index (χ2n) is 4.01. The Kier molecular flexibility index (Phi) is 3.60. The van der Waals surface area contributed by atoms with Gasteiger partial charge in [-0.2, -0.15) is 5.10 Å². The molecule has 0 atom stereocenters. The van der Waals surface area contributed by atoms with Crippen LogP contribution in [0.15, 0.2) is 18.3 Å². The number of aromatic nitrogens is 2. The van der Waals surface area contributed by atoms with Crippen LogP contribution in [-0.2, 0) is 4.79 Å². The van der Waals surface area contributed by atoms with Gasteiger partial charge in [-0.15, -0.1) is 5.10 Å². The lowest BCUT2D eigenvalue weighted by Gasteiger charge is -2.25. The van der Waals surface area contributed by atoms with Crippen LogP contribution in [0.5, 0.6) is 0 Å². The Morgan fingerprint density at radius 3 is 2.87 bits per heavy atom. The predicted molar refractivity (Wildman–Crippen MR) is 56.6 cm³/mol. The molecule has 0 aromatic carbocycles. The Bertz CT molecular complexity index is 325. The van der Waals surface area contributed by atoms with Crippen molar-refractivity contribution in [1.29, 1.82) is 0 Å². The topological polar surface area (TPSA) is 75.1 Å². The molecule has 1 heterocycles. The van der Waals surface area contributed by atoms with Crippen LogP contribution in [0, 0.1) is 0 Å². The van der Waals surface area contributed by atoms with E-state index in [0.717, 1.165) is 0 Å². The van der Waals surface area contributed by atoms with Gasteiger partial charge in [0, 0.05) is 18.2 Å². The standard InChI is InChI=1S/C10H15N3O2/c1-10(2,6-5-9(14)15)12-8-4-3-7-11-13-8/h3-4,7H,5-6H2,1-2H3,(H,12,13)(H,14,15). The molecule has 1 aromatic rings. The summed E-state index contributed by atoms with van der Waals surface area (Å²) in [5, 5.41) is 19.3. The SMILES string of the molecule is CC(C)(CCC(=O)O)Nc1cccnn1. The molecule has 5 heteroatoms. The molecule has 1 aromatic heterocycles. The molecule has 0 fully saturated rings. The summed E-state index contributed by atoms with van der Waals surface area (Å²) in [6.07, 6.45) is 2.27. The molecule has 0 amide bonds. The van der Waals surface area contributed by atoms with Crippen molar-refractivity contribution < 1.29 is 9.90 Å². The first kappa shape index (κ1) is 11.4. The van der Waals surface area contributed by atoms with E-state index in [1.54, 1.807) is 18.3 Å². The van der Waals surface area contributed by atoms with E-state index in [0.29, 0.717) is 12.2 Å². The molecule has 0 bridgehead atoms. The Morgan fingerprint density at radius 2 is 2.33 bits per heavy atom. The quantitative estimate of drug-likeness (QED) is 0.769. The lowest BCUT2D eigenvalue weighted by atomic mass is 9.98. The number of anilines is 1. The molecule has 0 aliphatic carbocycles. The number of carboxylic acid groups (broad SMARTS) is 1. The van der Waals surface area contributed by atoms with Crippen molar-refractivity contribution in [1.82, 2.24) is 10.2 Å². The van der Waals surface area contributed by atoms with Crippen LogP contribution in [0.4, 0.5) is 5.82 Å². The molecule has 15 heavy (non-hydrogen) atoms. The minimum Gasteiger partial charge on any atom is -0.481 e. The van der Waals surface area contributed by atoms with Crippen LogP contribution < -0.4 is 5.32 Å². The van der Waals surface area contributed by atoms with Gasteiger partial charge in [0.05, 0.1) is 0 Å². The van der Waals surface area contributed by atoms with Gasteiger partial charge in [0.1, 0.15) is 5.82 Å². The molecule has 2 N–H and O–H groups in total. The van der Waals surface area contributed by atoms with Crippen LogP contribution in [0.3, 0.4) is 0 Å². The van der Waals surface area contributed by atoms with Crippen LogP contribution >= 0.6 is 0 Å². The molecule has 0 radical (unpaired) electrons. The minimum atomic E-state index is -0.788. The van der Waals surface area contributed by atoms with Gasteiger partial charge >= 0.3 is 5.97 Å². The van der Waals surface area contributed by atoms with Gasteiger partial charge in [0.15, 0.2) is 0 Å². The highest BCUT2D eigenvalue weighted by Gasteiger charge is 2.19.